The summed E-state index contributed by atoms with van der Waals surface area (Å²) in [5.74, 6) is -1.35. The van der Waals surface area contributed by atoms with Crippen LogP contribution in [0.3, 0.4) is 0 Å². The number of carbonyl (C=O) groups excluding carboxylic acids is 2. The van der Waals surface area contributed by atoms with E-state index in [0.29, 0.717) is 29.1 Å². The summed E-state index contributed by atoms with van der Waals surface area (Å²) >= 11 is 1.49. The van der Waals surface area contributed by atoms with E-state index in [4.69, 9.17) is 14.9 Å². The van der Waals surface area contributed by atoms with Crippen molar-refractivity contribution in [2.45, 2.75) is 26.5 Å². The molecule has 0 bridgehead atoms. The summed E-state index contributed by atoms with van der Waals surface area (Å²) in [5.41, 5.74) is 8.53. The zero-order chi connectivity index (χ0) is 22.1. The van der Waals surface area contributed by atoms with E-state index in [-0.39, 0.29) is 5.56 Å². The Labute approximate surface area is 177 Å². The number of aromatic nitrogens is 1. The van der Waals surface area contributed by atoms with Crippen LogP contribution in [0.5, 0.6) is 5.75 Å². The molecule has 0 aliphatic rings. The van der Waals surface area contributed by atoms with Gasteiger partial charge in [0.25, 0.3) is 5.91 Å². The van der Waals surface area contributed by atoms with E-state index in [0.717, 1.165) is 16.8 Å². The van der Waals surface area contributed by atoms with Crippen molar-refractivity contribution < 1.29 is 27.2 Å². The number of carbonyl (C=O) groups is 2. The maximum Gasteiger partial charge on any atom is 0.256 e. The van der Waals surface area contributed by atoms with Crippen LogP contribution in [0.15, 0.2) is 28.1 Å². The van der Waals surface area contributed by atoms with Crippen molar-refractivity contribution in [2.75, 3.05) is 12.0 Å². The third-order valence-corrected chi connectivity index (χ3v) is 6.24. The number of sulfone groups is 1. The number of thiazole rings is 1. The van der Waals surface area contributed by atoms with Crippen molar-refractivity contribution in [2.24, 2.45) is 5.73 Å². The van der Waals surface area contributed by atoms with Gasteiger partial charge in [0.1, 0.15) is 39.6 Å². The quantitative estimate of drug-likeness (QED) is 0.531. The molecule has 0 saturated carbocycles. The monoisotopic (exact) mass is 451 g/mol. The normalized spacial score (nSPS) is 12.6. The smallest absolute Gasteiger partial charge is 0.256 e. The second-order valence-electron chi connectivity index (χ2n) is 6.86. The number of fused-ring (bicyclic) bond motifs is 1. The van der Waals surface area contributed by atoms with Gasteiger partial charge in [-0.25, -0.2) is 13.4 Å². The average Bonchev–Trinajstić information content (AvgIpc) is 3.19. The third-order valence-electron chi connectivity index (χ3n) is 4.40. The molecule has 2 heterocycles. The molecule has 0 fully saturated rings. The third kappa shape index (κ3) is 4.97. The maximum atomic E-state index is 12.8. The highest BCUT2D eigenvalue weighted by Gasteiger charge is 2.26. The van der Waals surface area contributed by atoms with Crippen LogP contribution in [0.4, 0.5) is 0 Å². The molecule has 3 rings (SSSR count). The fourth-order valence-electron chi connectivity index (χ4n) is 2.91. The van der Waals surface area contributed by atoms with Crippen LogP contribution >= 0.6 is 11.3 Å². The zero-order valence-electron chi connectivity index (χ0n) is 16.6. The lowest BCUT2D eigenvalue weighted by atomic mass is 10.1. The van der Waals surface area contributed by atoms with Gasteiger partial charge in [0.2, 0.25) is 5.91 Å². The standard InChI is InChI=1S/C19H21N3O6S2/c1-10-16(29-9-21-10)7-27-12-4-5-15-13(6-12)17(11(2)28-15)19(24)22-14(18(20)23)8-30(3,25)26/h4-6,9,14H,7-8H2,1-3H3,(H2,20,23)(H,22,24)/t14-/m0/s1. The van der Waals surface area contributed by atoms with Crippen LogP contribution in [-0.2, 0) is 21.2 Å². The summed E-state index contributed by atoms with van der Waals surface area (Å²) in [6.07, 6.45) is 0.960. The van der Waals surface area contributed by atoms with Crippen LogP contribution in [-0.4, -0.2) is 43.3 Å². The second-order valence-corrected chi connectivity index (χ2v) is 9.99. The molecule has 0 aliphatic heterocycles. The second kappa shape index (κ2) is 8.44. The van der Waals surface area contributed by atoms with Crippen LogP contribution in [0.2, 0.25) is 0 Å². The van der Waals surface area contributed by atoms with Gasteiger partial charge in [-0.3, -0.25) is 9.59 Å². The molecule has 3 N–H and O–H groups in total. The molecule has 0 radical (unpaired) electrons. The molecular formula is C19H21N3O6S2. The van der Waals surface area contributed by atoms with Gasteiger partial charge < -0.3 is 20.2 Å². The number of hydrogen-bond acceptors (Lipinski definition) is 8. The van der Waals surface area contributed by atoms with Gasteiger partial charge in [-0.05, 0) is 32.0 Å². The summed E-state index contributed by atoms with van der Waals surface area (Å²) in [4.78, 5) is 29.6. The molecule has 0 saturated heterocycles. The van der Waals surface area contributed by atoms with Crippen LogP contribution < -0.4 is 15.8 Å². The number of hydrogen-bond donors (Lipinski definition) is 2. The molecule has 160 valence electrons. The van der Waals surface area contributed by atoms with Gasteiger partial charge in [0.05, 0.1) is 27.4 Å². The fraction of sp³-hybridized carbons (Fsp3) is 0.316. The Balaban J connectivity index is 1.87. The molecule has 2 aromatic heterocycles. The van der Waals surface area contributed by atoms with Crippen molar-refractivity contribution >= 4 is 44.0 Å². The zero-order valence-corrected chi connectivity index (χ0v) is 18.2. The van der Waals surface area contributed by atoms with Gasteiger partial charge in [0.15, 0.2) is 0 Å². The Hall–Kier alpha value is -2.92. The Morgan fingerprint density at radius 3 is 2.67 bits per heavy atom. The molecule has 0 aliphatic carbocycles. The van der Waals surface area contributed by atoms with E-state index in [1.165, 1.54) is 11.3 Å². The number of nitrogens with two attached hydrogens (primary N) is 1. The summed E-state index contributed by atoms with van der Waals surface area (Å²) in [7, 11) is -3.54. The fourth-order valence-corrected chi connectivity index (χ4v) is 4.45. The van der Waals surface area contributed by atoms with Crippen molar-refractivity contribution in [3.63, 3.8) is 0 Å². The first-order valence-electron chi connectivity index (χ1n) is 8.88. The molecule has 1 aromatic carbocycles. The molecule has 30 heavy (non-hydrogen) atoms. The minimum Gasteiger partial charge on any atom is -0.488 e. The van der Waals surface area contributed by atoms with Gasteiger partial charge in [-0.15, -0.1) is 11.3 Å². The van der Waals surface area contributed by atoms with E-state index in [2.05, 4.69) is 10.3 Å². The molecule has 2 amide bonds. The molecule has 1 atom stereocenters. The Bertz CT molecular complexity index is 1210. The Morgan fingerprint density at radius 1 is 1.33 bits per heavy atom. The highest BCUT2D eigenvalue weighted by molar-refractivity contribution is 7.90. The lowest BCUT2D eigenvalue weighted by molar-refractivity contribution is -0.119. The van der Waals surface area contributed by atoms with E-state index < -0.39 is 33.4 Å². The van der Waals surface area contributed by atoms with Gasteiger partial charge in [0, 0.05) is 11.6 Å². The van der Waals surface area contributed by atoms with E-state index in [1.807, 2.05) is 6.92 Å². The molecule has 11 heteroatoms. The number of rotatable bonds is 8. The highest BCUT2D eigenvalue weighted by Crippen LogP contribution is 2.30. The number of nitrogens with one attached hydrogen (secondary N) is 1. The lowest BCUT2D eigenvalue weighted by Gasteiger charge is -2.14. The van der Waals surface area contributed by atoms with Gasteiger partial charge >= 0.3 is 0 Å². The molecule has 0 unspecified atom stereocenters. The van der Waals surface area contributed by atoms with E-state index >= 15 is 0 Å². The van der Waals surface area contributed by atoms with Crippen LogP contribution in [0.1, 0.15) is 26.7 Å². The first-order valence-corrected chi connectivity index (χ1v) is 11.8. The SMILES string of the molecule is Cc1ncsc1COc1ccc2oc(C)c(C(=O)N[C@@H](CS(C)(=O)=O)C(N)=O)c2c1. The summed E-state index contributed by atoms with van der Waals surface area (Å²) in [6.45, 7) is 3.83. The molecule has 3 aromatic rings. The Kier molecular flexibility index (Phi) is 6.13. The van der Waals surface area contributed by atoms with Gasteiger partial charge in [-0.1, -0.05) is 0 Å². The highest BCUT2D eigenvalue weighted by atomic mass is 32.2. The average molecular weight is 452 g/mol. The molecular weight excluding hydrogens is 430 g/mol. The summed E-state index contributed by atoms with van der Waals surface area (Å²) < 4.78 is 34.5. The number of ether oxygens (including phenoxy) is 1. The molecule has 0 spiro atoms. The first-order chi connectivity index (χ1) is 14.0. The van der Waals surface area contributed by atoms with E-state index in [1.54, 1.807) is 30.6 Å². The lowest BCUT2D eigenvalue weighted by Crippen LogP contribution is -2.48. The first kappa shape index (κ1) is 21.8. The number of amides is 2. The number of primary amides is 1. The van der Waals surface area contributed by atoms with Gasteiger partial charge in [-0.2, -0.15) is 0 Å². The van der Waals surface area contributed by atoms with Crippen molar-refractivity contribution in [3.05, 3.63) is 45.6 Å². The predicted molar refractivity (Wildman–Crippen MR) is 112 cm³/mol. The van der Waals surface area contributed by atoms with Crippen LogP contribution in [0, 0.1) is 13.8 Å². The number of nitrogens with zero attached hydrogens (tertiary/aromatic N) is 1. The Morgan fingerprint density at radius 2 is 2.07 bits per heavy atom. The minimum absolute atomic E-state index is 0.184. The summed E-state index contributed by atoms with van der Waals surface area (Å²) in [6, 6.07) is 3.70. The molecule has 9 nitrogen and oxygen atoms in total. The number of aryl methyl sites for hydroxylation is 2. The summed E-state index contributed by atoms with van der Waals surface area (Å²) in [5, 5.41) is 2.87. The van der Waals surface area contributed by atoms with Crippen molar-refractivity contribution in [1.29, 1.82) is 0 Å². The topological polar surface area (TPSA) is 142 Å². The van der Waals surface area contributed by atoms with Crippen molar-refractivity contribution in [1.82, 2.24) is 10.3 Å². The largest absolute Gasteiger partial charge is 0.488 e. The predicted octanol–water partition coefficient (Wildman–Crippen LogP) is 1.71. The van der Waals surface area contributed by atoms with Crippen molar-refractivity contribution in [3.8, 4) is 5.75 Å². The van der Waals surface area contributed by atoms with E-state index in [9.17, 15) is 18.0 Å². The number of furan rings is 1. The maximum absolute atomic E-state index is 12.8. The van der Waals surface area contributed by atoms with Crippen LogP contribution in [0.25, 0.3) is 11.0 Å². The number of benzene rings is 1. The minimum atomic E-state index is -3.54.